The standard InChI is InChI=1S/C9H12O/c1-6-2-8-4-7(1)5-9(3-6)10-8/h8-9H,1-5H2/t8-,9+. The topological polar surface area (TPSA) is 9.23 Å². The van der Waals surface area contributed by atoms with Gasteiger partial charge in [0.2, 0.25) is 0 Å². The maximum Gasteiger partial charge on any atom is 0.0590 e. The van der Waals surface area contributed by atoms with E-state index in [2.05, 4.69) is 0 Å². The molecule has 1 heteroatoms. The van der Waals surface area contributed by atoms with Crippen molar-refractivity contribution in [2.45, 2.75) is 44.3 Å². The highest BCUT2D eigenvalue weighted by atomic mass is 16.5. The van der Waals surface area contributed by atoms with E-state index in [9.17, 15) is 0 Å². The Morgan fingerprint density at radius 2 is 1.40 bits per heavy atom. The molecule has 0 N–H and O–H groups in total. The van der Waals surface area contributed by atoms with Crippen molar-refractivity contribution in [3.05, 3.63) is 11.8 Å². The van der Waals surface area contributed by atoms with Crippen molar-refractivity contribution in [1.29, 1.82) is 0 Å². The molecule has 4 bridgehead atoms. The molecule has 4 aliphatic rings. The van der Waals surface area contributed by atoms with Gasteiger partial charge in [0.05, 0.1) is 12.2 Å². The molecule has 4 rings (SSSR count). The summed E-state index contributed by atoms with van der Waals surface area (Å²) in [5.41, 5.74) is 0. The maximum absolute atomic E-state index is 5.78. The summed E-state index contributed by atoms with van der Waals surface area (Å²) in [4.78, 5) is 0. The van der Waals surface area contributed by atoms with Crippen LogP contribution in [0.15, 0.2) is 0 Å². The molecular formula is C9H12O. The Kier molecular flexibility index (Phi) is 0.984. The minimum atomic E-state index is 0.603. The first kappa shape index (κ1) is 5.59. The van der Waals surface area contributed by atoms with Gasteiger partial charge in [-0.2, -0.15) is 0 Å². The van der Waals surface area contributed by atoms with Crippen molar-refractivity contribution in [2.24, 2.45) is 0 Å². The van der Waals surface area contributed by atoms with E-state index in [4.69, 9.17) is 4.74 Å². The number of rotatable bonds is 0. The van der Waals surface area contributed by atoms with Gasteiger partial charge in [-0.25, -0.2) is 0 Å². The Morgan fingerprint density at radius 1 is 0.900 bits per heavy atom. The average Bonchev–Trinajstić information content (AvgIpc) is 1.82. The van der Waals surface area contributed by atoms with Crippen LogP contribution in [0, 0.1) is 11.8 Å². The molecule has 0 aromatic heterocycles. The quantitative estimate of drug-likeness (QED) is 0.494. The second kappa shape index (κ2) is 1.76. The average molecular weight is 136 g/mol. The van der Waals surface area contributed by atoms with Gasteiger partial charge in [-0.15, -0.1) is 0 Å². The van der Waals surface area contributed by atoms with Gasteiger partial charge in [0, 0.05) is 0 Å². The van der Waals surface area contributed by atoms with Crippen LogP contribution in [-0.4, -0.2) is 12.2 Å². The molecule has 4 fully saturated rings. The lowest BCUT2D eigenvalue weighted by molar-refractivity contribution is -0.0840. The highest BCUT2D eigenvalue weighted by Gasteiger charge is 2.43. The zero-order valence-electron chi connectivity index (χ0n) is 6.10. The number of hydrogen-bond donors (Lipinski definition) is 0. The lowest BCUT2D eigenvalue weighted by Crippen LogP contribution is -2.44. The molecule has 2 radical (unpaired) electrons. The normalized spacial score (nSPS) is 46.8. The van der Waals surface area contributed by atoms with E-state index < -0.39 is 0 Å². The summed E-state index contributed by atoms with van der Waals surface area (Å²) in [5, 5.41) is 0. The van der Waals surface area contributed by atoms with E-state index in [1.54, 1.807) is 11.8 Å². The Balaban J connectivity index is 1.90. The predicted molar refractivity (Wildman–Crippen MR) is 38.2 cm³/mol. The summed E-state index contributed by atoms with van der Waals surface area (Å²) >= 11 is 0. The molecule has 0 amide bonds. The summed E-state index contributed by atoms with van der Waals surface area (Å²) in [6.07, 6.45) is 7.67. The van der Waals surface area contributed by atoms with Crippen LogP contribution in [0.5, 0.6) is 0 Å². The molecule has 54 valence electrons. The van der Waals surface area contributed by atoms with Gasteiger partial charge in [0.15, 0.2) is 0 Å². The highest BCUT2D eigenvalue weighted by molar-refractivity contribution is 5.19. The molecule has 0 aromatic carbocycles. The van der Waals surface area contributed by atoms with Crippen LogP contribution in [0.1, 0.15) is 32.1 Å². The SMILES string of the molecule is C1[C]2C[C@H]3C[C]1C[C@@H](C2)O3. The third-order valence-corrected chi connectivity index (χ3v) is 2.95. The van der Waals surface area contributed by atoms with Crippen LogP contribution < -0.4 is 0 Å². The summed E-state index contributed by atoms with van der Waals surface area (Å²) < 4.78 is 5.78. The third-order valence-electron chi connectivity index (χ3n) is 2.95. The van der Waals surface area contributed by atoms with Crippen LogP contribution >= 0.6 is 0 Å². The Morgan fingerprint density at radius 3 is 1.80 bits per heavy atom. The molecule has 2 aliphatic carbocycles. The van der Waals surface area contributed by atoms with Crippen molar-refractivity contribution < 1.29 is 4.74 Å². The van der Waals surface area contributed by atoms with Crippen molar-refractivity contribution in [2.75, 3.05) is 0 Å². The molecule has 2 heterocycles. The Hall–Kier alpha value is -0.0400. The van der Waals surface area contributed by atoms with Gasteiger partial charge in [-0.1, -0.05) is 0 Å². The van der Waals surface area contributed by atoms with E-state index in [1.807, 2.05) is 0 Å². The monoisotopic (exact) mass is 136 g/mol. The first-order chi connectivity index (χ1) is 4.90. The Labute approximate surface area is 61.8 Å². The lowest BCUT2D eigenvalue weighted by Gasteiger charge is -2.48. The zero-order chi connectivity index (χ0) is 6.55. The van der Waals surface area contributed by atoms with Crippen molar-refractivity contribution in [1.82, 2.24) is 0 Å². The van der Waals surface area contributed by atoms with Gasteiger partial charge >= 0.3 is 0 Å². The van der Waals surface area contributed by atoms with E-state index in [-0.39, 0.29) is 0 Å². The molecule has 2 aliphatic heterocycles. The molecule has 2 saturated heterocycles. The molecule has 2 saturated carbocycles. The Bertz CT molecular complexity index is 96.3. The van der Waals surface area contributed by atoms with Crippen molar-refractivity contribution in [3.8, 4) is 0 Å². The number of ether oxygens (including phenoxy) is 1. The third kappa shape index (κ3) is 0.672. The molecule has 0 aromatic rings. The highest BCUT2D eigenvalue weighted by Crippen LogP contribution is 2.49. The molecule has 0 unspecified atom stereocenters. The molecule has 1 nitrogen and oxygen atoms in total. The largest absolute Gasteiger partial charge is 0.375 e. The first-order valence-electron chi connectivity index (χ1n) is 4.23. The van der Waals surface area contributed by atoms with Crippen LogP contribution in [0.2, 0.25) is 0 Å². The predicted octanol–water partition coefficient (Wildman–Crippen LogP) is 1.88. The molecule has 10 heavy (non-hydrogen) atoms. The second-order valence-electron chi connectivity index (χ2n) is 3.87. The van der Waals surface area contributed by atoms with Gasteiger partial charge < -0.3 is 4.74 Å². The smallest absolute Gasteiger partial charge is 0.0590 e. The minimum absolute atomic E-state index is 0.603. The summed E-state index contributed by atoms with van der Waals surface area (Å²) in [5.74, 6) is 3.54. The van der Waals surface area contributed by atoms with Crippen molar-refractivity contribution >= 4 is 0 Å². The van der Waals surface area contributed by atoms with Crippen LogP contribution in [0.3, 0.4) is 0 Å². The van der Waals surface area contributed by atoms with Gasteiger partial charge in [-0.05, 0) is 43.9 Å². The second-order valence-corrected chi connectivity index (χ2v) is 3.87. The van der Waals surface area contributed by atoms with E-state index in [0.717, 1.165) is 0 Å². The fourth-order valence-corrected chi connectivity index (χ4v) is 2.71. The zero-order valence-corrected chi connectivity index (χ0v) is 6.10. The molecule has 0 spiro atoms. The lowest BCUT2D eigenvalue weighted by atomic mass is 9.67. The molecular weight excluding hydrogens is 124 g/mol. The van der Waals surface area contributed by atoms with E-state index in [1.165, 1.54) is 32.1 Å². The fourth-order valence-electron chi connectivity index (χ4n) is 2.71. The maximum atomic E-state index is 5.78. The minimum Gasteiger partial charge on any atom is -0.375 e. The fraction of sp³-hybridized carbons (Fsp3) is 0.778. The summed E-state index contributed by atoms with van der Waals surface area (Å²) in [7, 11) is 0. The van der Waals surface area contributed by atoms with E-state index >= 15 is 0 Å². The van der Waals surface area contributed by atoms with Crippen molar-refractivity contribution in [3.63, 3.8) is 0 Å². The van der Waals surface area contributed by atoms with Gasteiger partial charge in [0.1, 0.15) is 0 Å². The number of hydrogen-bond acceptors (Lipinski definition) is 1. The first-order valence-corrected chi connectivity index (χ1v) is 4.23. The van der Waals surface area contributed by atoms with Crippen LogP contribution in [-0.2, 0) is 4.74 Å². The summed E-state index contributed by atoms with van der Waals surface area (Å²) in [6, 6.07) is 0. The molecule has 0 atom stereocenters. The van der Waals surface area contributed by atoms with Gasteiger partial charge in [-0.3, -0.25) is 0 Å². The van der Waals surface area contributed by atoms with Gasteiger partial charge in [0.25, 0.3) is 0 Å². The summed E-state index contributed by atoms with van der Waals surface area (Å²) in [6.45, 7) is 0. The van der Waals surface area contributed by atoms with Crippen LogP contribution in [0.25, 0.3) is 0 Å². The van der Waals surface area contributed by atoms with Crippen LogP contribution in [0.4, 0.5) is 0 Å². The van der Waals surface area contributed by atoms with E-state index in [0.29, 0.717) is 12.2 Å².